The molecule has 1 saturated heterocycles. The number of aromatic nitrogens is 1. The highest BCUT2D eigenvalue weighted by Crippen LogP contribution is 2.19. The molecule has 9 nitrogen and oxygen atoms in total. The number of piperidine rings is 1. The predicted octanol–water partition coefficient (Wildman–Crippen LogP) is 1.52. The summed E-state index contributed by atoms with van der Waals surface area (Å²) in [4.78, 5) is 26.5. The van der Waals surface area contributed by atoms with Crippen molar-refractivity contribution >= 4 is 21.8 Å². The zero-order valence-electron chi connectivity index (χ0n) is 17.5. The molecule has 0 unspecified atom stereocenters. The second-order valence-corrected chi connectivity index (χ2v) is 9.20. The van der Waals surface area contributed by atoms with Gasteiger partial charge >= 0.3 is 0 Å². The monoisotopic (exact) mass is 452 g/mol. The number of hydrogen-bond acceptors (Lipinski definition) is 6. The summed E-state index contributed by atoms with van der Waals surface area (Å²) in [5.41, 5.74) is 0.233. The van der Waals surface area contributed by atoms with Crippen molar-refractivity contribution in [1.82, 2.24) is 20.1 Å². The molecule has 1 aliphatic heterocycles. The maximum absolute atomic E-state index is 13.8. The van der Waals surface area contributed by atoms with Crippen molar-refractivity contribution in [1.29, 1.82) is 0 Å². The van der Waals surface area contributed by atoms with E-state index in [0.717, 1.165) is 0 Å². The fourth-order valence-corrected chi connectivity index (χ4v) is 5.09. The quantitative estimate of drug-likeness (QED) is 0.685. The minimum Gasteiger partial charge on any atom is -0.360 e. The minimum absolute atomic E-state index is 0.0207. The molecule has 0 aliphatic carbocycles. The Morgan fingerprint density at radius 3 is 2.45 bits per heavy atom. The van der Waals surface area contributed by atoms with Gasteiger partial charge in [0, 0.05) is 19.1 Å². The zero-order valence-corrected chi connectivity index (χ0v) is 18.3. The number of halogens is 1. The Balaban J connectivity index is 1.54. The predicted molar refractivity (Wildman–Crippen MR) is 109 cm³/mol. The van der Waals surface area contributed by atoms with E-state index in [4.69, 9.17) is 4.52 Å². The standard InChI is InChI=1S/C20H25FN4O5S/c1-12-18(14(3)30-23-12)31(28,29)24-13(2)19(26)22-15-8-10-25(11-9-15)20(27)16-6-4-5-7-17(16)21/h4-7,13,15,24H,8-11H2,1-3H3,(H,22,26)/t13-/m0/s1. The molecule has 168 valence electrons. The van der Waals surface area contributed by atoms with Gasteiger partial charge < -0.3 is 14.7 Å². The molecule has 0 spiro atoms. The van der Waals surface area contributed by atoms with E-state index in [0.29, 0.717) is 25.9 Å². The number of benzene rings is 1. The number of carbonyl (C=O) groups is 2. The summed E-state index contributed by atoms with van der Waals surface area (Å²) in [5, 5.41) is 6.44. The van der Waals surface area contributed by atoms with E-state index < -0.39 is 27.8 Å². The van der Waals surface area contributed by atoms with Gasteiger partial charge in [-0.2, -0.15) is 4.72 Å². The number of sulfonamides is 1. The van der Waals surface area contributed by atoms with Crippen molar-refractivity contribution in [3.8, 4) is 0 Å². The Hall–Kier alpha value is -2.79. The molecule has 0 saturated carbocycles. The van der Waals surface area contributed by atoms with E-state index >= 15 is 0 Å². The molecule has 1 aromatic carbocycles. The summed E-state index contributed by atoms with van der Waals surface area (Å²) in [5.74, 6) is -1.29. The number of carbonyl (C=O) groups excluding carboxylic acids is 2. The van der Waals surface area contributed by atoms with Crippen molar-refractivity contribution in [3.05, 3.63) is 47.1 Å². The van der Waals surface area contributed by atoms with Crippen LogP contribution >= 0.6 is 0 Å². The van der Waals surface area contributed by atoms with Crippen LogP contribution in [0.4, 0.5) is 4.39 Å². The Bertz CT molecular complexity index is 1060. The van der Waals surface area contributed by atoms with Gasteiger partial charge in [-0.3, -0.25) is 9.59 Å². The average Bonchev–Trinajstić information content (AvgIpc) is 3.07. The molecule has 1 atom stereocenters. The molecule has 31 heavy (non-hydrogen) atoms. The van der Waals surface area contributed by atoms with E-state index in [1.807, 2.05) is 0 Å². The highest BCUT2D eigenvalue weighted by atomic mass is 32.2. The molecule has 11 heteroatoms. The molecule has 1 aliphatic rings. The van der Waals surface area contributed by atoms with Crippen molar-refractivity contribution in [3.63, 3.8) is 0 Å². The SMILES string of the molecule is Cc1noc(C)c1S(=O)(=O)N[C@@H](C)C(=O)NC1CCN(C(=O)c2ccccc2F)CC1. The van der Waals surface area contributed by atoms with Crippen LogP contribution < -0.4 is 10.0 Å². The Morgan fingerprint density at radius 2 is 1.87 bits per heavy atom. The minimum atomic E-state index is -3.97. The third-order valence-corrected chi connectivity index (χ3v) is 6.98. The first kappa shape index (κ1) is 22.9. The van der Waals surface area contributed by atoms with Gasteiger partial charge in [0.05, 0.1) is 11.6 Å². The van der Waals surface area contributed by atoms with Gasteiger partial charge in [0.25, 0.3) is 5.91 Å². The second-order valence-electron chi connectivity index (χ2n) is 7.55. The van der Waals surface area contributed by atoms with E-state index in [9.17, 15) is 22.4 Å². The van der Waals surface area contributed by atoms with Crippen LogP contribution in [-0.2, 0) is 14.8 Å². The Labute approximate surface area is 180 Å². The first-order valence-corrected chi connectivity index (χ1v) is 11.4. The summed E-state index contributed by atoms with van der Waals surface area (Å²) < 4.78 is 46.2. The van der Waals surface area contributed by atoms with E-state index in [-0.39, 0.29) is 33.9 Å². The van der Waals surface area contributed by atoms with Crippen LogP contribution in [0.5, 0.6) is 0 Å². The van der Waals surface area contributed by atoms with Crippen molar-refractivity contribution in [2.24, 2.45) is 0 Å². The molecule has 1 fully saturated rings. The smallest absolute Gasteiger partial charge is 0.256 e. The van der Waals surface area contributed by atoms with Crippen molar-refractivity contribution in [2.45, 2.75) is 50.6 Å². The lowest BCUT2D eigenvalue weighted by atomic mass is 10.0. The lowest BCUT2D eigenvalue weighted by Gasteiger charge is -2.33. The molecule has 3 rings (SSSR count). The van der Waals surface area contributed by atoms with Crippen LogP contribution in [0.15, 0.2) is 33.7 Å². The zero-order chi connectivity index (χ0) is 22.8. The van der Waals surface area contributed by atoms with Gasteiger partial charge in [0.15, 0.2) is 5.76 Å². The highest BCUT2D eigenvalue weighted by Gasteiger charge is 2.30. The molecular formula is C20H25FN4O5S. The third-order valence-electron chi connectivity index (χ3n) is 5.19. The topological polar surface area (TPSA) is 122 Å². The van der Waals surface area contributed by atoms with Crippen molar-refractivity contribution in [2.75, 3.05) is 13.1 Å². The molecule has 2 heterocycles. The lowest BCUT2D eigenvalue weighted by molar-refractivity contribution is -0.123. The Kier molecular flexibility index (Phi) is 6.75. The number of nitrogens with one attached hydrogen (secondary N) is 2. The van der Waals surface area contributed by atoms with Gasteiger partial charge in [-0.1, -0.05) is 17.3 Å². The summed E-state index contributed by atoms with van der Waals surface area (Å²) >= 11 is 0. The summed E-state index contributed by atoms with van der Waals surface area (Å²) in [6.45, 7) is 5.15. The molecule has 0 bridgehead atoms. The molecule has 2 amide bonds. The van der Waals surface area contributed by atoms with Crippen LogP contribution in [0.25, 0.3) is 0 Å². The number of aryl methyl sites for hydroxylation is 2. The number of rotatable bonds is 6. The van der Waals surface area contributed by atoms with Gasteiger partial charge in [-0.05, 0) is 45.7 Å². The maximum Gasteiger partial charge on any atom is 0.256 e. The summed E-state index contributed by atoms with van der Waals surface area (Å²) in [7, 11) is -3.97. The van der Waals surface area contributed by atoms with Crippen LogP contribution in [-0.4, -0.2) is 55.5 Å². The second kappa shape index (κ2) is 9.15. The fourth-order valence-electron chi connectivity index (χ4n) is 3.56. The molecule has 0 radical (unpaired) electrons. The number of amides is 2. The average molecular weight is 453 g/mol. The molecule has 2 N–H and O–H groups in total. The van der Waals surface area contributed by atoms with Gasteiger partial charge in [-0.25, -0.2) is 12.8 Å². The van der Waals surface area contributed by atoms with Gasteiger partial charge in [-0.15, -0.1) is 0 Å². The highest BCUT2D eigenvalue weighted by molar-refractivity contribution is 7.89. The van der Waals surface area contributed by atoms with E-state index in [1.165, 1.54) is 39.0 Å². The number of likely N-dealkylation sites (tertiary alicyclic amines) is 1. The van der Waals surface area contributed by atoms with E-state index in [1.54, 1.807) is 11.0 Å². The molecular weight excluding hydrogens is 427 g/mol. The third kappa shape index (κ3) is 5.10. The van der Waals surface area contributed by atoms with Gasteiger partial charge in [0.2, 0.25) is 15.9 Å². The van der Waals surface area contributed by atoms with Crippen molar-refractivity contribution < 1.29 is 26.9 Å². The van der Waals surface area contributed by atoms with E-state index in [2.05, 4.69) is 15.2 Å². The molecule has 2 aromatic rings. The lowest BCUT2D eigenvalue weighted by Crippen LogP contribution is -2.51. The van der Waals surface area contributed by atoms with Gasteiger partial charge in [0.1, 0.15) is 16.4 Å². The van der Waals surface area contributed by atoms with Crippen LogP contribution in [0.1, 0.15) is 41.6 Å². The fraction of sp³-hybridized carbons (Fsp3) is 0.450. The first-order valence-electron chi connectivity index (χ1n) is 9.89. The van der Waals surface area contributed by atoms with Crippen LogP contribution in [0, 0.1) is 19.7 Å². The summed E-state index contributed by atoms with van der Waals surface area (Å²) in [6, 6.07) is 4.58. The Morgan fingerprint density at radius 1 is 1.23 bits per heavy atom. The van der Waals surface area contributed by atoms with Crippen LogP contribution in [0.2, 0.25) is 0 Å². The number of hydrogen-bond donors (Lipinski definition) is 2. The largest absolute Gasteiger partial charge is 0.360 e. The number of nitrogens with zero attached hydrogens (tertiary/aromatic N) is 2. The molecule has 1 aromatic heterocycles. The van der Waals surface area contributed by atoms with Crippen LogP contribution in [0.3, 0.4) is 0 Å². The first-order chi connectivity index (χ1) is 14.6. The maximum atomic E-state index is 13.8. The normalized spacial score (nSPS) is 16.2. The summed E-state index contributed by atoms with van der Waals surface area (Å²) in [6.07, 6.45) is 0.963.